The maximum Gasteiger partial charge on any atom is 0.258 e. The monoisotopic (exact) mass is 574 g/mol. The molecule has 2 aliphatic carbocycles. The van der Waals surface area contributed by atoms with Crippen molar-refractivity contribution in [2.24, 2.45) is 17.8 Å². The number of allylic oxidation sites excluding steroid dienone is 2. The van der Waals surface area contributed by atoms with Crippen molar-refractivity contribution in [2.75, 3.05) is 12.0 Å². The molecule has 12 heteroatoms. The first-order valence-electron chi connectivity index (χ1n) is 12.1. The predicted octanol–water partition coefficient (Wildman–Crippen LogP) is 3.49. The summed E-state index contributed by atoms with van der Waals surface area (Å²) in [6.45, 7) is 0. The van der Waals surface area contributed by atoms with Crippen molar-refractivity contribution >= 4 is 52.5 Å². The second kappa shape index (κ2) is 8.51. The van der Waals surface area contributed by atoms with Crippen LogP contribution in [0, 0.1) is 23.6 Å². The number of carbonyl (C=O) groups is 4. The van der Waals surface area contributed by atoms with E-state index >= 15 is 0 Å². The quantitative estimate of drug-likeness (QED) is 0.249. The topological polar surface area (TPSA) is 124 Å². The van der Waals surface area contributed by atoms with Gasteiger partial charge in [0.1, 0.15) is 17.3 Å². The molecule has 6 atom stereocenters. The number of aromatic hydroxyl groups is 1. The normalized spacial score (nSPS) is 33.6. The lowest BCUT2D eigenvalue weighted by Crippen LogP contribution is -2.60. The number of anilines is 1. The maximum absolute atomic E-state index is 14.1. The average Bonchev–Trinajstić information content (AvgIpc) is 3.23. The maximum atomic E-state index is 14.1. The van der Waals surface area contributed by atoms with E-state index in [0.717, 1.165) is 17.0 Å². The highest BCUT2D eigenvalue weighted by molar-refractivity contribution is 6.58. The van der Waals surface area contributed by atoms with E-state index in [0.29, 0.717) is 11.3 Å². The second-order valence-corrected chi connectivity index (χ2v) is 11.4. The molecule has 39 heavy (non-hydrogen) atoms. The fourth-order valence-corrected chi connectivity index (χ4v) is 7.55. The van der Waals surface area contributed by atoms with Gasteiger partial charge in [0, 0.05) is 17.5 Å². The number of hydrogen-bond acceptors (Lipinski definition) is 7. The van der Waals surface area contributed by atoms with Crippen molar-refractivity contribution < 1.29 is 38.6 Å². The Morgan fingerprint density at radius 2 is 1.69 bits per heavy atom. The number of phenolic OH excluding ortho intramolecular Hbond substituents is 1. The number of alkyl halides is 2. The summed E-state index contributed by atoms with van der Waals surface area (Å²) in [5.41, 5.74) is 0.647. The van der Waals surface area contributed by atoms with Gasteiger partial charge < -0.3 is 9.84 Å². The van der Waals surface area contributed by atoms with Crippen LogP contribution in [0.5, 0.6) is 11.5 Å². The van der Waals surface area contributed by atoms with Gasteiger partial charge in [0.25, 0.3) is 23.6 Å². The van der Waals surface area contributed by atoms with Gasteiger partial charge >= 0.3 is 0 Å². The molecule has 6 rings (SSSR count). The van der Waals surface area contributed by atoms with Gasteiger partial charge in [-0.25, -0.2) is 9.29 Å². The molecule has 0 radical (unpaired) electrons. The van der Waals surface area contributed by atoms with E-state index in [1.54, 1.807) is 12.1 Å². The number of benzene rings is 2. The van der Waals surface area contributed by atoms with Crippen LogP contribution in [0.15, 0.2) is 54.1 Å². The smallest absolute Gasteiger partial charge is 0.258 e. The minimum atomic E-state index is -2.17. The zero-order valence-electron chi connectivity index (χ0n) is 20.3. The van der Waals surface area contributed by atoms with Crippen molar-refractivity contribution in [3.8, 4) is 11.5 Å². The molecule has 2 N–H and O–H groups in total. The van der Waals surface area contributed by atoms with Crippen molar-refractivity contribution in [1.82, 2.24) is 5.06 Å². The summed E-state index contributed by atoms with van der Waals surface area (Å²) < 4.78 is 18.8. The van der Waals surface area contributed by atoms with Gasteiger partial charge in [-0.1, -0.05) is 17.7 Å². The molecule has 2 aromatic carbocycles. The van der Waals surface area contributed by atoms with Crippen LogP contribution in [0.4, 0.5) is 10.1 Å². The Labute approximate surface area is 231 Å². The Bertz CT molecular complexity index is 1500. The number of ether oxygens (including phenoxy) is 1. The van der Waals surface area contributed by atoms with Crippen LogP contribution in [-0.2, 0) is 19.2 Å². The van der Waals surface area contributed by atoms with E-state index in [1.165, 1.54) is 31.4 Å². The first-order valence-corrected chi connectivity index (χ1v) is 12.9. The van der Waals surface area contributed by atoms with E-state index in [2.05, 4.69) is 0 Å². The number of nitrogens with zero attached hydrogens (tertiary/aromatic N) is 2. The molecule has 2 aliphatic heterocycles. The lowest BCUT2D eigenvalue weighted by atomic mass is 9.56. The molecule has 4 aliphatic rings. The number of imide groups is 2. The lowest BCUT2D eigenvalue weighted by molar-refractivity contribution is -0.173. The van der Waals surface area contributed by atoms with Crippen molar-refractivity contribution in [2.45, 2.75) is 28.5 Å². The third-order valence-electron chi connectivity index (χ3n) is 8.42. The van der Waals surface area contributed by atoms with Crippen LogP contribution in [0.3, 0.4) is 0 Å². The van der Waals surface area contributed by atoms with Gasteiger partial charge in [0.2, 0.25) is 0 Å². The first kappa shape index (κ1) is 25.8. The van der Waals surface area contributed by atoms with Crippen LogP contribution in [-0.4, -0.2) is 55.9 Å². The predicted molar refractivity (Wildman–Crippen MR) is 135 cm³/mol. The summed E-state index contributed by atoms with van der Waals surface area (Å²) in [7, 11) is 1.41. The summed E-state index contributed by atoms with van der Waals surface area (Å²) in [6.07, 6.45) is 1.44. The van der Waals surface area contributed by atoms with Crippen LogP contribution >= 0.6 is 23.2 Å². The minimum Gasteiger partial charge on any atom is -0.508 e. The largest absolute Gasteiger partial charge is 0.508 e. The van der Waals surface area contributed by atoms with Gasteiger partial charge in [-0.15, -0.1) is 23.2 Å². The molecule has 2 heterocycles. The average molecular weight is 575 g/mol. The molecule has 6 unspecified atom stereocenters. The standard InChI is InChI=1S/C27H21Cl2FN2O7/c1-39-14-6-7-16(19(33)10-14)21-15-8-9-17-20(23(35)32(38)22(17)34)18(15)11-26(28)24(36)31(25(37)27(21,26)29)13-4-2-12(30)3-5-13/h2-8,10,17-18,20-21,33,38H,9,11H2,1H3. The van der Waals surface area contributed by atoms with Crippen molar-refractivity contribution in [1.29, 1.82) is 0 Å². The number of fused-ring (bicyclic) bond motifs is 4. The number of phenols is 1. The molecular formula is C27H21Cl2FN2O7. The Hall–Kier alpha value is -3.47. The second-order valence-electron chi connectivity index (χ2n) is 10.2. The molecule has 9 nitrogen and oxygen atoms in total. The SMILES string of the molecule is COc1ccc(C2C3=CCC4C(=O)N(O)C(=O)C4C3CC3(Cl)C(=O)N(c4ccc(F)cc4)C(=O)C23Cl)c(O)c1. The van der Waals surface area contributed by atoms with E-state index in [-0.39, 0.29) is 34.9 Å². The molecular weight excluding hydrogens is 554 g/mol. The third kappa shape index (κ3) is 3.22. The number of halogens is 3. The van der Waals surface area contributed by atoms with Gasteiger partial charge in [-0.2, -0.15) is 5.06 Å². The summed E-state index contributed by atoms with van der Waals surface area (Å²) in [4.78, 5) is 50.2. The summed E-state index contributed by atoms with van der Waals surface area (Å²) in [6, 6.07) is 9.01. The summed E-state index contributed by atoms with van der Waals surface area (Å²) >= 11 is 14.3. The molecule has 1 saturated carbocycles. The molecule has 202 valence electrons. The Kier molecular flexibility index (Phi) is 5.63. The Morgan fingerprint density at radius 3 is 2.33 bits per heavy atom. The van der Waals surface area contributed by atoms with Gasteiger partial charge in [-0.3, -0.25) is 24.4 Å². The zero-order valence-corrected chi connectivity index (χ0v) is 21.8. The molecule has 0 aromatic heterocycles. The number of rotatable bonds is 3. The number of hydrogen-bond donors (Lipinski definition) is 2. The minimum absolute atomic E-state index is 0.0436. The van der Waals surface area contributed by atoms with Crippen LogP contribution in [0.2, 0.25) is 0 Å². The van der Waals surface area contributed by atoms with Crippen molar-refractivity contribution in [3.05, 3.63) is 65.5 Å². The number of methoxy groups -OCH3 is 1. The van der Waals surface area contributed by atoms with Crippen LogP contribution in [0.1, 0.15) is 24.3 Å². The van der Waals surface area contributed by atoms with E-state index < -0.39 is 62.9 Å². The third-order valence-corrected chi connectivity index (χ3v) is 9.83. The number of carbonyl (C=O) groups excluding carboxylic acids is 4. The van der Waals surface area contributed by atoms with E-state index in [9.17, 15) is 33.9 Å². The molecule has 2 aromatic rings. The number of amides is 4. The summed E-state index contributed by atoms with van der Waals surface area (Å²) in [5.74, 6) is -7.94. The highest BCUT2D eigenvalue weighted by atomic mass is 35.5. The highest BCUT2D eigenvalue weighted by Crippen LogP contribution is 2.66. The first-order chi connectivity index (χ1) is 18.5. The Morgan fingerprint density at radius 1 is 1.00 bits per heavy atom. The highest BCUT2D eigenvalue weighted by Gasteiger charge is 2.76. The molecule has 0 bridgehead atoms. The van der Waals surface area contributed by atoms with Crippen molar-refractivity contribution in [3.63, 3.8) is 0 Å². The van der Waals surface area contributed by atoms with Gasteiger partial charge in [0.05, 0.1) is 24.6 Å². The van der Waals surface area contributed by atoms with E-state index in [4.69, 9.17) is 27.9 Å². The molecule has 3 fully saturated rings. The van der Waals surface area contributed by atoms with Crippen LogP contribution < -0.4 is 9.64 Å². The van der Waals surface area contributed by atoms with Crippen LogP contribution in [0.25, 0.3) is 0 Å². The fourth-order valence-electron chi connectivity index (χ4n) is 6.62. The summed E-state index contributed by atoms with van der Waals surface area (Å²) in [5, 5.41) is 21.2. The number of hydroxylamine groups is 2. The van der Waals surface area contributed by atoms with E-state index in [1.807, 2.05) is 0 Å². The lowest BCUT2D eigenvalue weighted by Gasteiger charge is -2.50. The molecule has 0 spiro atoms. The Balaban J connectivity index is 1.58. The van der Waals surface area contributed by atoms with Gasteiger partial charge in [0.15, 0.2) is 9.75 Å². The fraction of sp³-hybridized carbons (Fsp3) is 0.333. The molecule has 4 amide bonds. The zero-order chi connectivity index (χ0) is 28.0. The molecule has 2 saturated heterocycles. The van der Waals surface area contributed by atoms with Gasteiger partial charge in [-0.05, 0) is 49.1 Å².